The fourth-order valence-corrected chi connectivity index (χ4v) is 4.94. The zero-order valence-electron chi connectivity index (χ0n) is 18.8. The second-order valence-electron chi connectivity index (χ2n) is 8.12. The molecule has 1 aliphatic rings. The highest BCUT2D eigenvalue weighted by Crippen LogP contribution is 2.40. The van der Waals surface area contributed by atoms with Crippen LogP contribution in [0, 0.1) is 6.92 Å². The van der Waals surface area contributed by atoms with Gasteiger partial charge in [-0.1, -0.05) is 60.7 Å². The number of hydrogen-bond acceptors (Lipinski definition) is 6. The summed E-state index contributed by atoms with van der Waals surface area (Å²) < 4.78 is 5.64. The fourth-order valence-electron chi connectivity index (χ4n) is 3.92. The smallest absolute Gasteiger partial charge is 0.290 e. The zero-order valence-corrected chi connectivity index (χ0v) is 19.6. The van der Waals surface area contributed by atoms with Crippen molar-refractivity contribution < 1.29 is 19.4 Å². The Morgan fingerprint density at radius 1 is 1.12 bits per heavy atom. The first-order chi connectivity index (χ1) is 15.9. The number of amides is 1. The van der Waals surface area contributed by atoms with Crippen LogP contribution in [0.3, 0.4) is 0 Å². The lowest BCUT2D eigenvalue weighted by Crippen LogP contribution is -2.34. The van der Waals surface area contributed by atoms with E-state index in [0.717, 1.165) is 16.1 Å². The molecule has 1 aliphatic heterocycles. The molecule has 1 N–H and O–H groups in total. The predicted octanol–water partition coefficient (Wildman–Crippen LogP) is 5.12. The van der Waals surface area contributed by atoms with Crippen molar-refractivity contribution in [2.24, 2.45) is 0 Å². The first kappa shape index (κ1) is 22.9. The van der Waals surface area contributed by atoms with Crippen LogP contribution in [0.4, 0.5) is 0 Å². The summed E-state index contributed by atoms with van der Waals surface area (Å²) in [6, 6.07) is 18.2. The van der Waals surface area contributed by atoms with E-state index in [4.69, 9.17) is 4.74 Å². The molecule has 1 atom stereocenters. The van der Waals surface area contributed by atoms with E-state index in [9.17, 15) is 14.7 Å². The number of aryl methyl sites for hydroxylation is 1. The van der Waals surface area contributed by atoms with Crippen LogP contribution in [0.2, 0.25) is 0 Å². The van der Waals surface area contributed by atoms with E-state index in [2.05, 4.69) is 4.98 Å². The number of carbonyl (C=O) groups is 2. The Hall–Kier alpha value is -3.29. The van der Waals surface area contributed by atoms with Gasteiger partial charge in [0.05, 0.1) is 34.9 Å². The molecule has 0 spiro atoms. The number of aliphatic hydroxyl groups excluding tert-OH is 1. The molecule has 0 aliphatic carbocycles. The van der Waals surface area contributed by atoms with Crippen LogP contribution < -0.4 is 0 Å². The summed E-state index contributed by atoms with van der Waals surface area (Å²) in [5, 5.41) is 11.5. The first-order valence-corrected chi connectivity index (χ1v) is 11.7. The van der Waals surface area contributed by atoms with Gasteiger partial charge in [0.2, 0.25) is 5.78 Å². The minimum atomic E-state index is -0.691. The number of nitrogens with zero attached hydrogens (tertiary/aromatic N) is 2. The molecule has 33 heavy (non-hydrogen) atoms. The molecule has 4 rings (SSSR count). The second-order valence-corrected chi connectivity index (χ2v) is 9.12. The van der Waals surface area contributed by atoms with Crippen LogP contribution in [0.5, 0.6) is 0 Å². The molecule has 170 valence electrons. The summed E-state index contributed by atoms with van der Waals surface area (Å²) in [5.41, 5.74) is 2.33. The Morgan fingerprint density at radius 3 is 2.39 bits per heavy atom. The summed E-state index contributed by atoms with van der Waals surface area (Å²) in [7, 11) is 0. The van der Waals surface area contributed by atoms with Crippen LogP contribution in [0.25, 0.3) is 10.6 Å². The van der Waals surface area contributed by atoms with E-state index in [1.54, 1.807) is 6.92 Å². The van der Waals surface area contributed by atoms with Gasteiger partial charge < -0.3 is 14.7 Å². The maximum atomic E-state index is 13.7. The number of hydrogen-bond donors (Lipinski definition) is 1. The molecule has 0 saturated carbocycles. The first-order valence-electron chi connectivity index (χ1n) is 10.9. The average Bonchev–Trinajstić information content (AvgIpc) is 3.32. The topological polar surface area (TPSA) is 79.7 Å². The summed E-state index contributed by atoms with van der Waals surface area (Å²) in [4.78, 5) is 33.3. The predicted molar refractivity (Wildman–Crippen MR) is 128 cm³/mol. The molecule has 1 unspecified atom stereocenters. The molecule has 2 aromatic carbocycles. The Morgan fingerprint density at radius 2 is 1.76 bits per heavy atom. The lowest BCUT2D eigenvalue weighted by Gasteiger charge is -2.27. The van der Waals surface area contributed by atoms with Gasteiger partial charge in [0.25, 0.3) is 5.91 Å². The quantitative estimate of drug-likeness (QED) is 0.470. The molecule has 0 saturated heterocycles. The number of carbonyl (C=O) groups excluding carboxylic acids is 2. The molecule has 0 fully saturated rings. The number of thiazole rings is 1. The highest BCUT2D eigenvalue weighted by molar-refractivity contribution is 7.17. The molecular formula is C26H26N2O4S. The number of Topliss-reactive ketones (excluding diaryl/α,β-unsaturated/α-hetero) is 1. The summed E-state index contributed by atoms with van der Waals surface area (Å²) in [6.07, 6.45) is 0.0109. The van der Waals surface area contributed by atoms with Crippen molar-refractivity contribution in [3.05, 3.63) is 88.1 Å². The van der Waals surface area contributed by atoms with Gasteiger partial charge in [-0.3, -0.25) is 9.59 Å². The number of benzene rings is 2. The van der Waals surface area contributed by atoms with E-state index >= 15 is 0 Å². The van der Waals surface area contributed by atoms with Crippen molar-refractivity contribution >= 4 is 23.0 Å². The molecule has 0 bridgehead atoms. The molecule has 1 aromatic heterocycles. The van der Waals surface area contributed by atoms with E-state index in [-0.39, 0.29) is 24.0 Å². The van der Waals surface area contributed by atoms with E-state index < -0.39 is 17.7 Å². The number of aromatic nitrogens is 1. The van der Waals surface area contributed by atoms with Gasteiger partial charge >= 0.3 is 0 Å². The highest BCUT2D eigenvalue weighted by atomic mass is 32.1. The third-order valence-electron chi connectivity index (χ3n) is 5.47. The molecule has 0 radical (unpaired) electrons. The molecule has 6 nitrogen and oxygen atoms in total. The number of aliphatic hydroxyl groups is 1. The summed E-state index contributed by atoms with van der Waals surface area (Å²) >= 11 is 1.27. The lowest BCUT2D eigenvalue weighted by molar-refractivity contribution is -0.130. The number of ketones is 1. The third kappa shape index (κ3) is 4.60. The van der Waals surface area contributed by atoms with Crippen LogP contribution >= 0.6 is 11.3 Å². The fraction of sp³-hybridized carbons (Fsp3) is 0.269. The Bertz CT molecular complexity index is 1190. The van der Waals surface area contributed by atoms with E-state index in [1.807, 2.05) is 74.5 Å². The van der Waals surface area contributed by atoms with Crippen LogP contribution in [-0.4, -0.2) is 45.9 Å². The van der Waals surface area contributed by atoms with Crippen LogP contribution in [0.1, 0.15) is 40.8 Å². The van der Waals surface area contributed by atoms with Crippen molar-refractivity contribution in [3.63, 3.8) is 0 Å². The summed E-state index contributed by atoms with van der Waals surface area (Å²) in [6.45, 7) is 6.17. The van der Waals surface area contributed by atoms with Gasteiger partial charge in [0.1, 0.15) is 5.01 Å². The molecule has 3 aromatic rings. The SMILES string of the molecule is Cc1nc(-c2ccccc2)sc1C(=O)C1=C(O)C(=O)N(CCOC(C)C)C1c1ccccc1. The minimum absolute atomic E-state index is 0.0109. The van der Waals surface area contributed by atoms with Gasteiger partial charge in [0.15, 0.2) is 5.76 Å². The maximum Gasteiger partial charge on any atom is 0.290 e. The monoisotopic (exact) mass is 462 g/mol. The zero-order chi connectivity index (χ0) is 23.5. The van der Waals surface area contributed by atoms with Crippen molar-refractivity contribution in [2.75, 3.05) is 13.2 Å². The van der Waals surface area contributed by atoms with Gasteiger partial charge in [0, 0.05) is 12.1 Å². The highest BCUT2D eigenvalue weighted by Gasteiger charge is 2.44. The normalized spacial score (nSPS) is 16.2. The van der Waals surface area contributed by atoms with E-state index in [0.29, 0.717) is 17.2 Å². The van der Waals surface area contributed by atoms with Gasteiger partial charge in [-0.15, -0.1) is 11.3 Å². The largest absolute Gasteiger partial charge is 0.503 e. The Balaban J connectivity index is 1.72. The van der Waals surface area contributed by atoms with Crippen LogP contribution in [-0.2, 0) is 9.53 Å². The lowest BCUT2D eigenvalue weighted by atomic mass is 9.95. The van der Waals surface area contributed by atoms with Crippen molar-refractivity contribution in [3.8, 4) is 10.6 Å². The van der Waals surface area contributed by atoms with Crippen molar-refractivity contribution in [1.82, 2.24) is 9.88 Å². The van der Waals surface area contributed by atoms with Gasteiger partial charge in [-0.05, 0) is 26.3 Å². The minimum Gasteiger partial charge on any atom is -0.503 e. The van der Waals surface area contributed by atoms with Crippen molar-refractivity contribution in [1.29, 1.82) is 0 Å². The molecule has 2 heterocycles. The number of rotatable bonds is 8. The average molecular weight is 463 g/mol. The van der Waals surface area contributed by atoms with Gasteiger partial charge in [-0.25, -0.2) is 4.98 Å². The standard InChI is InChI=1S/C26H26N2O4S/c1-16(2)32-15-14-28-21(18-10-6-4-7-11-18)20(23(30)26(28)31)22(29)24-17(3)27-25(33-24)19-12-8-5-9-13-19/h4-13,16,21,30H,14-15H2,1-3H3. The van der Waals surface area contributed by atoms with Gasteiger partial charge in [-0.2, -0.15) is 0 Å². The third-order valence-corrected chi connectivity index (χ3v) is 6.68. The van der Waals surface area contributed by atoms with E-state index in [1.165, 1.54) is 16.2 Å². The van der Waals surface area contributed by atoms with Crippen molar-refractivity contribution in [2.45, 2.75) is 32.9 Å². The molecule has 1 amide bonds. The van der Waals surface area contributed by atoms with Crippen LogP contribution in [0.15, 0.2) is 72.0 Å². The Labute approximate surface area is 197 Å². The Kier molecular flexibility index (Phi) is 6.72. The molecule has 7 heteroatoms. The maximum absolute atomic E-state index is 13.7. The molecular weight excluding hydrogens is 436 g/mol. The second kappa shape index (κ2) is 9.68. The number of ether oxygens (including phenoxy) is 1. The summed E-state index contributed by atoms with van der Waals surface area (Å²) in [5.74, 6) is -1.45.